The highest BCUT2D eigenvalue weighted by Crippen LogP contribution is 2.29. The number of hydrogen-bond donors (Lipinski definition) is 1. The molecule has 0 radical (unpaired) electrons. The lowest BCUT2D eigenvalue weighted by Gasteiger charge is -2.27. The van der Waals surface area contributed by atoms with Crippen LogP contribution in [0.1, 0.15) is 31.4 Å². The Morgan fingerprint density at radius 2 is 1.76 bits per heavy atom. The molecule has 2 aromatic carbocycles. The fourth-order valence-electron chi connectivity index (χ4n) is 3.16. The molecule has 1 saturated heterocycles. The van der Waals surface area contributed by atoms with Gasteiger partial charge in [-0.3, -0.25) is 0 Å². The number of urea groups is 1. The number of benzene rings is 2. The lowest BCUT2D eigenvalue weighted by atomic mass is 10.1. The van der Waals surface area contributed by atoms with Crippen LogP contribution in [0.15, 0.2) is 48.5 Å². The molecule has 0 bridgehead atoms. The van der Waals surface area contributed by atoms with E-state index in [2.05, 4.69) is 10.2 Å². The molecule has 2 amide bonds. The van der Waals surface area contributed by atoms with Crippen molar-refractivity contribution in [2.45, 2.75) is 25.8 Å². The zero-order valence-corrected chi connectivity index (χ0v) is 14.7. The minimum absolute atomic E-state index is 0.153. The fourth-order valence-corrected chi connectivity index (χ4v) is 3.16. The predicted molar refractivity (Wildman–Crippen MR) is 99.5 cm³/mol. The van der Waals surface area contributed by atoms with Crippen LogP contribution in [0.4, 0.5) is 20.6 Å². The van der Waals surface area contributed by atoms with Crippen LogP contribution in [0.3, 0.4) is 0 Å². The van der Waals surface area contributed by atoms with Gasteiger partial charge in [0, 0.05) is 20.1 Å². The molecule has 3 rings (SSSR count). The second-order valence-corrected chi connectivity index (χ2v) is 6.48. The molecule has 1 heterocycles. The van der Waals surface area contributed by atoms with Crippen molar-refractivity contribution in [3.05, 3.63) is 59.9 Å². The van der Waals surface area contributed by atoms with E-state index in [0.29, 0.717) is 0 Å². The molecule has 0 spiro atoms. The van der Waals surface area contributed by atoms with E-state index in [9.17, 15) is 9.18 Å². The molecule has 5 heteroatoms. The molecule has 1 fully saturated rings. The minimum Gasteiger partial charge on any atom is -0.370 e. The summed E-state index contributed by atoms with van der Waals surface area (Å²) in [6.45, 7) is 3.97. The van der Waals surface area contributed by atoms with Crippen molar-refractivity contribution in [1.82, 2.24) is 4.90 Å². The number of halogens is 1. The highest BCUT2D eigenvalue weighted by Gasteiger charge is 2.20. The number of rotatable bonds is 4. The molecule has 2 aromatic rings. The number of amides is 2. The third-order valence-electron chi connectivity index (χ3n) is 4.85. The summed E-state index contributed by atoms with van der Waals surface area (Å²) in [5.41, 5.74) is 2.79. The maximum absolute atomic E-state index is 13.1. The Bertz CT molecular complexity index is 726. The molecule has 4 nitrogen and oxygen atoms in total. The van der Waals surface area contributed by atoms with Crippen LogP contribution in [-0.4, -0.2) is 31.1 Å². The number of hydrogen-bond acceptors (Lipinski definition) is 2. The lowest BCUT2D eigenvalue weighted by molar-refractivity contribution is 0.208. The summed E-state index contributed by atoms with van der Waals surface area (Å²) in [5.74, 6) is -0.275. The van der Waals surface area contributed by atoms with Crippen LogP contribution >= 0.6 is 0 Å². The van der Waals surface area contributed by atoms with Gasteiger partial charge in [0.05, 0.1) is 17.4 Å². The third kappa shape index (κ3) is 3.92. The zero-order valence-electron chi connectivity index (χ0n) is 14.7. The Hall–Kier alpha value is -2.56. The highest BCUT2D eigenvalue weighted by molar-refractivity contribution is 5.93. The smallest absolute Gasteiger partial charge is 0.322 e. The van der Waals surface area contributed by atoms with Gasteiger partial charge in [0.15, 0.2) is 0 Å². The van der Waals surface area contributed by atoms with Gasteiger partial charge in [-0.25, -0.2) is 9.18 Å². The van der Waals surface area contributed by atoms with Gasteiger partial charge in [-0.2, -0.15) is 0 Å². The summed E-state index contributed by atoms with van der Waals surface area (Å²) in [7, 11) is 1.75. The largest absolute Gasteiger partial charge is 0.370 e. The van der Waals surface area contributed by atoms with Crippen molar-refractivity contribution in [1.29, 1.82) is 0 Å². The van der Waals surface area contributed by atoms with E-state index in [1.807, 2.05) is 31.2 Å². The number of anilines is 2. The number of carbonyl (C=O) groups is 1. The van der Waals surface area contributed by atoms with E-state index in [1.54, 1.807) is 24.1 Å². The second kappa shape index (κ2) is 7.55. The summed E-state index contributed by atoms with van der Waals surface area (Å²) in [6.07, 6.45) is 2.37. The van der Waals surface area contributed by atoms with Gasteiger partial charge in [-0.1, -0.05) is 24.3 Å². The summed E-state index contributed by atoms with van der Waals surface area (Å²) < 4.78 is 13.1. The molecule has 0 aliphatic carbocycles. The maximum atomic E-state index is 13.1. The average Bonchev–Trinajstić information content (AvgIpc) is 3.16. The van der Waals surface area contributed by atoms with E-state index >= 15 is 0 Å². The predicted octanol–water partition coefficient (Wildman–Crippen LogP) is 4.65. The van der Waals surface area contributed by atoms with Gasteiger partial charge in [0.2, 0.25) is 0 Å². The number of carbonyl (C=O) groups excluding carboxylic acids is 1. The van der Waals surface area contributed by atoms with Crippen LogP contribution in [-0.2, 0) is 0 Å². The van der Waals surface area contributed by atoms with Crippen molar-refractivity contribution in [2.75, 3.05) is 30.4 Å². The van der Waals surface area contributed by atoms with Crippen molar-refractivity contribution in [2.24, 2.45) is 0 Å². The van der Waals surface area contributed by atoms with Crippen molar-refractivity contribution in [3.63, 3.8) is 0 Å². The first-order valence-corrected chi connectivity index (χ1v) is 8.69. The van der Waals surface area contributed by atoms with Crippen molar-refractivity contribution < 1.29 is 9.18 Å². The maximum Gasteiger partial charge on any atom is 0.322 e. The van der Waals surface area contributed by atoms with Gasteiger partial charge in [-0.05, 0) is 49.6 Å². The first kappa shape index (κ1) is 17.3. The van der Waals surface area contributed by atoms with Gasteiger partial charge in [0.1, 0.15) is 5.82 Å². The SMILES string of the molecule is C[C@@H](c1ccc(F)cc1)N(C)C(=O)Nc1ccccc1N1CCCC1. The van der Waals surface area contributed by atoms with E-state index in [-0.39, 0.29) is 17.9 Å². The molecule has 1 N–H and O–H groups in total. The van der Waals surface area contributed by atoms with Gasteiger partial charge in [-0.15, -0.1) is 0 Å². The van der Waals surface area contributed by atoms with Gasteiger partial charge >= 0.3 is 6.03 Å². The highest BCUT2D eigenvalue weighted by atomic mass is 19.1. The van der Waals surface area contributed by atoms with Crippen molar-refractivity contribution >= 4 is 17.4 Å². The number of nitrogens with zero attached hydrogens (tertiary/aromatic N) is 2. The normalized spacial score (nSPS) is 15.1. The molecular formula is C20H24FN3O. The number of para-hydroxylation sites is 2. The van der Waals surface area contributed by atoms with Gasteiger partial charge in [0.25, 0.3) is 0 Å². The average molecular weight is 341 g/mol. The Morgan fingerprint density at radius 1 is 1.12 bits per heavy atom. The second-order valence-electron chi connectivity index (χ2n) is 6.48. The quantitative estimate of drug-likeness (QED) is 0.878. The molecule has 1 aliphatic rings. The third-order valence-corrected chi connectivity index (χ3v) is 4.85. The molecule has 0 saturated carbocycles. The summed E-state index contributed by atoms with van der Waals surface area (Å²) in [5, 5.41) is 3.02. The van der Waals surface area contributed by atoms with Crippen LogP contribution in [0.2, 0.25) is 0 Å². The fraction of sp³-hybridized carbons (Fsp3) is 0.350. The van der Waals surface area contributed by atoms with E-state index in [1.165, 1.54) is 25.0 Å². The topological polar surface area (TPSA) is 35.6 Å². The molecule has 1 aliphatic heterocycles. The summed E-state index contributed by atoms with van der Waals surface area (Å²) in [6, 6.07) is 13.8. The van der Waals surface area contributed by atoms with E-state index < -0.39 is 0 Å². The lowest BCUT2D eigenvalue weighted by Crippen LogP contribution is -2.34. The molecule has 0 aromatic heterocycles. The summed E-state index contributed by atoms with van der Waals surface area (Å²) >= 11 is 0. The van der Waals surface area contributed by atoms with Crippen LogP contribution in [0, 0.1) is 5.82 Å². The Balaban J connectivity index is 1.72. The Morgan fingerprint density at radius 3 is 2.44 bits per heavy atom. The monoisotopic (exact) mass is 341 g/mol. The minimum atomic E-state index is -0.275. The Labute approximate surface area is 148 Å². The molecular weight excluding hydrogens is 317 g/mol. The first-order valence-electron chi connectivity index (χ1n) is 8.69. The van der Waals surface area contributed by atoms with Gasteiger partial charge < -0.3 is 15.1 Å². The van der Waals surface area contributed by atoms with Crippen LogP contribution < -0.4 is 10.2 Å². The molecule has 132 valence electrons. The molecule has 25 heavy (non-hydrogen) atoms. The van der Waals surface area contributed by atoms with Crippen LogP contribution in [0.5, 0.6) is 0 Å². The van der Waals surface area contributed by atoms with Crippen molar-refractivity contribution in [3.8, 4) is 0 Å². The molecule has 0 unspecified atom stereocenters. The standard InChI is InChI=1S/C20H24FN3O/c1-15(16-9-11-17(21)12-10-16)23(2)20(25)22-18-7-3-4-8-19(18)24-13-5-6-14-24/h3-4,7-12,15H,5-6,13-14H2,1-2H3,(H,22,25)/t15-/m0/s1. The molecule has 1 atom stereocenters. The Kier molecular flexibility index (Phi) is 5.22. The first-order chi connectivity index (χ1) is 12.1. The van der Waals surface area contributed by atoms with Crippen LogP contribution in [0.25, 0.3) is 0 Å². The van der Waals surface area contributed by atoms with E-state index in [4.69, 9.17) is 0 Å². The van der Waals surface area contributed by atoms with E-state index in [0.717, 1.165) is 30.0 Å². The zero-order chi connectivity index (χ0) is 17.8. The number of nitrogens with one attached hydrogen (secondary N) is 1. The summed E-state index contributed by atoms with van der Waals surface area (Å²) in [4.78, 5) is 16.6.